The minimum Gasteiger partial charge on any atom is -0.405 e. The maximum atomic E-state index is 5.18. The van der Waals surface area contributed by atoms with Gasteiger partial charge in [-0.15, -0.1) is 0 Å². The summed E-state index contributed by atoms with van der Waals surface area (Å²) < 4.78 is 0. The molecule has 2 nitrogen and oxygen atoms in total. The maximum Gasteiger partial charge on any atom is 0.105 e. The predicted molar refractivity (Wildman–Crippen MR) is 56.0 cm³/mol. The Kier molecular flexibility index (Phi) is 3.29. The van der Waals surface area contributed by atoms with Gasteiger partial charge in [0.1, 0.15) is 4.99 Å². The summed E-state index contributed by atoms with van der Waals surface area (Å²) in [6, 6.07) is 9.72. The minimum atomic E-state index is 0.615. The smallest absolute Gasteiger partial charge is 0.105 e. The van der Waals surface area contributed by atoms with Crippen LogP contribution in [0.25, 0.3) is 0 Å². The van der Waals surface area contributed by atoms with Gasteiger partial charge in [0, 0.05) is 5.69 Å². The molecule has 0 saturated carbocycles. The van der Waals surface area contributed by atoms with Gasteiger partial charge in [-0.25, -0.2) is 0 Å². The molecule has 1 rings (SSSR count). The number of anilines is 1. The summed E-state index contributed by atoms with van der Waals surface area (Å²) in [5.41, 5.74) is 6.15. The SMILES string of the molecule is NC=CC(=S)Nc1ccccc1. The molecule has 0 aliphatic heterocycles. The Bertz CT molecular complexity index is 280. The van der Waals surface area contributed by atoms with Crippen molar-refractivity contribution in [2.45, 2.75) is 0 Å². The van der Waals surface area contributed by atoms with Gasteiger partial charge in [-0.3, -0.25) is 0 Å². The molecule has 0 saturated heterocycles. The highest BCUT2D eigenvalue weighted by Crippen LogP contribution is 2.04. The Morgan fingerprint density at radius 3 is 2.58 bits per heavy atom. The molecule has 0 atom stereocenters. The number of hydrogen-bond donors (Lipinski definition) is 2. The van der Waals surface area contributed by atoms with E-state index in [1.807, 2.05) is 30.3 Å². The summed E-state index contributed by atoms with van der Waals surface area (Å²) in [4.78, 5) is 0.615. The third-order valence-corrected chi connectivity index (χ3v) is 1.53. The average Bonchev–Trinajstić information content (AvgIpc) is 2.06. The summed E-state index contributed by atoms with van der Waals surface area (Å²) in [7, 11) is 0. The first kappa shape index (κ1) is 8.74. The van der Waals surface area contributed by atoms with Gasteiger partial charge in [0.05, 0.1) is 0 Å². The van der Waals surface area contributed by atoms with Crippen molar-refractivity contribution in [3.05, 3.63) is 42.6 Å². The van der Waals surface area contributed by atoms with Crippen LogP contribution in [0.1, 0.15) is 0 Å². The van der Waals surface area contributed by atoms with E-state index >= 15 is 0 Å². The second kappa shape index (κ2) is 4.51. The van der Waals surface area contributed by atoms with Gasteiger partial charge in [0.15, 0.2) is 0 Å². The van der Waals surface area contributed by atoms with Crippen LogP contribution in [0.15, 0.2) is 42.6 Å². The lowest BCUT2D eigenvalue weighted by Gasteiger charge is -2.02. The van der Waals surface area contributed by atoms with Crippen molar-refractivity contribution in [1.82, 2.24) is 0 Å². The van der Waals surface area contributed by atoms with Crippen molar-refractivity contribution < 1.29 is 0 Å². The van der Waals surface area contributed by atoms with E-state index < -0.39 is 0 Å². The predicted octanol–water partition coefficient (Wildman–Crippen LogP) is 1.90. The quantitative estimate of drug-likeness (QED) is 0.536. The van der Waals surface area contributed by atoms with Crippen LogP contribution in [0.2, 0.25) is 0 Å². The number of rotatable bonds is 2. The van der Waals surface area contributed by atoms with Gasteiger partial charge in [-0.05, 0) is 24.4 Å². The van der Waals surface area contributed by atoms with Gasteiger partial charge >= 0.3 is 0 Å². The molecule has 0 aromatic heterocycles. The molecule has 3 heteroatoms. The van der Waals surface area contributed by atoms with Crippen molar-refractivity contribution in [3.8, 4) is 0 Å². The Labute approximate surface area is 77.1 Å². The lowest BCUT2D eigenvalue weighted by atomic mass is 10.3. The molecule has 1 aromatic carbocycles. The van der Waals surface area contributed by atoms with E-state index in [0.717, 1.165) is 5.69 Å². The van der Waals surface area contributed by atoms with Gasteiger partial charge in [0.25, 0.3) is 0 Å². The zero-order valence-electron chi connectivity index (χ0n) is 6.53. The molecule has 0 aliphatic carbocycles. The minimum absolute atomic E-state index is 0.615. The van der Waals surface area contributed by atoms with Crippen LogP contribution in [0.3, 0.4) is 0 Å². The molecule has 62 valence electrons. The number of benzene rings is 1. The first-order valence-electron chi connectivity index (χ1n) is 3.57. The fraction of sp³-hybridized carbons (Fsp3) is 0. The van der Waals surface area contributed by atoms with Crippen LogP contribution in [-0.2, 0) is 0 Å². The Morgan fingerprint density at radius 1 is 1.33 bits per heavy atom. The molecule has 12 heavy (non-hydrogen) atoms. The Balaban J connectivity index is 2.59. The van der Waals surface area contributed by atoms with Crippen LogP contribution in [0, 0.1) is 0 Å². The summed E-state index contributed by atoms with van der Waals surface area (Å²) in [6.45, 7) is 0. The largest absolute Gasteiger partial charge is 0.405 e. The number of para-hydroxylation sites is 1. The summed E-state index contributed by atoms with van der Waals surface area (Å²) in [6.07, 6.45) is 3.06. The fourth-order valence-corrected chi connectivity index (χ4v) is 0.989. The third-order valence-electron chi connectivity index (χ3n) is 1.29. The molecule has 0 fully saturated rings. The van der Waals surface area contributed by atoms with Crippen molar-refractivity contribution in [2.24, 2.45) is 5.73 Å². The zero-order chi connectivity index (χ0) is 8.81. The highest BCUT2D eigenvalue weighted by molar-refractivity contribution is 7.81. The highest BCUT2D eigenvalue weighted by atomic mass is 32.1. The van der Waals surface area contributed by atoms with Gasteiger partial charge in [-0.2, -0.15) is 0 Å². The number of nitrogens with one attached hydrogen (secondary N) is 1. The van der Waals surface area contributed by atoms with Crippen molar-refractivity contribution >= 4 is 22.9 Å². The van der Waals surface area contributed by atoms with E-state index in [0.29, 0.717) is 4.99 Å². The van der Waals surface area contributed by atoms with Crippen LogP contribution in [0.5, 0.6) is 0 Å². The molecule has 0 spiro atoms. The molecular weight excluding hydrogens is 168 g/mol. The first-order valence-corrected chi connectivity index (χ1v) is 3.98. The highest BCUT2D eigenvalue weighted by Gasteiger charge is 1.90. The molecule has 0 heterocycles. The van der Waals surface area contributed by atoms with Crippen molar-refractivity contribution in [2.75, 3.05) is 5.32 Å². The summed E-state index contributed by atoms with van der Waals surface area (Å²) in [5, 5.41) is 3.01. The van der Waals surface area contributed by atoms with E-state index in [4.69, 9.17) is 18.0 Å². The van der Waals surface area contributed by atoms with E-state index in [-0.39, 0.29) is 0 Å². The number of nitrogens with two attached hydrogens (primary N) is 1. The van der Waals surface area contributed by atoms with Gasteiger partial charge in [-0.1, -0.05) is 30.4 Å². The number of thiocarbonyl (C=S) groups is 1. The topological polar surface area (TPSA) is 38.0 Å². The van der Waals surface area contributed by atoms with E-state index in [2.05, 4.69) is 5.32 Å². The van der Waals surface area contributed by atoms with Crippen molar-refractivity contribution in [3.63, 3.8) is 0 Å². The lowest BCUT2D eigenvalue weighted by Crippen LogP contribution is -2.05. The maximum absolute atomic E-state index is 5.18. The average molecular weight is 178 g/mol. The molecule has 0 radical (unpaired) electrons. The lowest BCUT2D eigenvalue weighted by molar-refractivity contribution is 1.60. The second-order valence-corrected chi connectivity index (χ2v) is 2.65. The van der Waals surface area contributed by atoms with Crippen molar-refractivity contribution in [1.29, 1.82) is 0 Å². The third kappa shape index (κ3) is 2.72. The van der Waals surface area contributed by atoms with Crippen LogP contribution in [0.4, 0.5) is 5.69 Å². The summed E-state index contributed by atoms with van der Waals surface area (Å²) >= 11 is 4.96. The molecule has 1 aromatic rings. The normalized spacial score (nSPS) is 10.0. The zero-order valence-corrected chi connectivity index (χ0v) is 7.34. The van der Waals surface area contributed by atoms with E-state index in [1.165, 1.54) is 6.20 Å². The molecule has 0 bridgehead atoms. The Morgan fingerprint density at radius 2 is 2.00 bits per heavy atom. The summed E-state index contributed by atoms with van der Waals surface area (Å²) in [5.74, 6) is 0. The van der Waals surface area contributed by atoms with Crippen LogP contribution < -0.4 is 11.1 Å². The van der Waals surface area contributed by atoms with E-state index in [1.54, 1.807) is 6.08 Å². The molecule has 3 N–H and O–H groups in total. The molecular formula is C9H10N2S. The Hall–Kier alpha value is -1.35. The second-order valence-electron chi connectivity index (χ2n) is 2.21. The fourth-order valence-electron chi connectivity index (χ4n) is 0.793. The van der Waals surface area contributed by atoms with Gasteiger partial charge in [0.2, 0.25) is 0 Å². The van der Waals surface area contributed by atoms with Crippen LogP contribution in [-0.4, -0.2) is 4.99 Å². The molecule has 0 aliphatic rings. The monoisotopic (exact) mass is 178 g/mol. The molecule has 0 amide bonds. The first-order chi connectivity index (χ1) is 5.83. The standard InChI is InChI=1S/C9H10N2S/c10-7-6-9(12)11-8-4-2-1-3-5-8/h1-7H,10H2,(H,11,12). The van der Waals surface area contributed by atoms with Crippen LogP contribution >= 0.6 is 12.2 Å². The van der Waals surface area contributed by atoms with E-state index in [9.17, 15) is 0 Å². The van der Waals surface area contributed by atoms with Gasteiger partial charge < -0.3 is 11.1 Å². The molecule has 0 unspecified atom stereocenters. The number of hydrogen-bond acceptors (Lipinski definition) is 2.